The number of nitrogens with one attached hydrogen (secondary N) is 2. The van der Waals surface area contributed by atoms with Crippen LogP contribution in [0.3, 0.4) is 0 Å². The van der Waals surface area contributed by atoms with Gasteiger partial charge in [0.1, 0.15) is 22.2 Å². The van der Waals surface area contributed by atoms with E-state index in [9.17, 15) is 8.42 Å². The first-order valence-corrected chi connectivity index (χ1v) is 9.85. The van der Waals surface area contributed by atoms with E-state index in [2.05, 4.69) is 20.2 Å². The number of sulfonamides is 1. The zero-order valence-corrected chi connectivity index (χ0v) is 15.5. The molecule has 0 bridgehead atoms. The van der Waals surface area contributed by atoms with Gasteiger partial charge in [-0.3, -0.25) is 4.72 Å². The Morgan fingerprint density at radius 3 is 2.31 bits per heavy atom. The van der Waals surface area contributed by atoms with Crippen molar-refractivity contribution in [1.29, 1.82) is 0 Å². The molecule has 0 unspecified atom stereocenters. The number of methoxy groups -OCH3 is 2. The van der Waals surface area contributed by atoms with Gasteiger partial charge in [-0.1, -0.05) is 12.8 Å². The molecule has 8 nitrogen and oxygen atoms in total. The number of benzene rings is 1. The van der Waals surface area contributed by atoms with Gasteiger partial charge in [0, 0.05) is 12.1 Å². The van der Waals surface area contributed by atoms with Gasteiger partial charge in [-0.2, -0.15) is 0 Å². The highest BCUT2D eigenvalue weighted by Gasteiger charge is 2.22. The average molecular weight is 378 g/mol. The SMILES string of the molecule is COc1ccc(OC)c(S(=O)(=O)Nc2ccc(NC3CCCC3)nn2)c1. The fourth-order valence-electron chi connectivity index (χ4n) is 2.93. The summed E-state index contributed by atoms with van der Waals surface area (Å²) in [6.07, 6.45) is 4.66. The Hall–Kier alpha value is -2.55. The summed E-state index contributed by atoms with van der Waals surface area (Å²) in [4.78, 5) is -0.0330. The van der Waals surface area contributed by atoms with Crippen molar-refractivity contribution in [3.63, 3.8) is 0 Å². The minimum Gasteiger partial charge on any atom is -0.497 e. The number of anilines is 2. The van der Waals surface area contributed by atoms with Gasteiger partial charge in [-0.05, 0) is 37.1 Å². The smallest absolute Gasteiger partial charge is 0.266 e. The molecule has 1 aliphatic rings. The molecule has 2 aromatic rings. The van der Waals surface area contributed by atoms with E-state index in [-0.39, 0.29) is 16.5 Å². The number of hydrogen-bond acceptors (Lipinski definition) is 7. The summed E-state index contributed by atoms with van der Waals surface area (Å²) in [5, 5.41) is 11.3. The lowest BCUT2D eigenvalue weighted by atomic mass is 10.2. The predicted molar refractivity (Wildman–Crippen MR) is 98.3 cm³/mol. The Kier molecular flexibility index (Phi) is 5.46. The average Bonchev–Trinajstić information content (AvgIpc) is 3.15. The van der Waals surface area contributed by atoms with Crippen LogP contribution in [0.15, 0.2) is 35.2 Å². The summed E-state index contributed by atoms with van der Waals surface area (Å²) in [5.41, 5.74) is 0. The van der Waals surface area contributed by atoms with Crippen LogP contribution in [0.4, 0.5) is 11.6 Å². The molecule has 2 N–H and O–H groups in total. The van der Waals surface area contributed by atoms with Crippen LogP contribution in [0.2, 0.25) is 0 Å². The van der Waals surface area contributed by atoms with Crippen LogP contribution in [0.1, 0.15) is 25.7 Å². The molecule has 1 fully saturated rings. The second-order valence-electron chi connectivity index (χ2n) is 6.05. The summed E-state index contributed by atoms with van der Waals surface area (Å²) >= 11 is 0. The third kappa shape index (κ3) is 4.16. The van der Waals surface area contributed by atoms with E-state index >= 15 is 0 Å². The Morgan fingerprint density at radius 2 is 1.69 bits per heavy atom. The molecule has 0 amide bonds. The first-order chi connectivity index (χ1) is 12.5. The Labute approximate surface area is 153 Å². The molecule has 0 aliphatic heterocycles. The lowest BCUT2D eigenvalue weighted by Gasteiger charge is -2.13. The normalized spacial score (nSPS) is 14.8. The van der Waals surface area contributed by atoms with Crippen LogP contribution >= 0.6 is 0 Å². The Balaban J connectivity index is 1.76. The van der Waals surface area contributed by atoms with E-state index in [1.807, 2.05) is 0 Å². The Bertz CT molecular complexity index is 850. The van der Waals surface area contributed by atoms with Crippen LogP contribution in [-0.2, 0) is 10.0 Å². The lowest BCUT2D eigenvalue weighted by molar-refractivity contribution is 0.392. The minimum atomic E-state index is -3.90. The molecule has 1 aromatic heterocycles. The highest BCUT2D eigenvalue weighted by molar-refractivity contribution is 7.92. The van der Waals surface area contributed by atoms with Crippen molar-refractivity contribution in [3.05, 3.63) is 30.3 Å². The molecule has 1 saturated carbocycles. The largest absolute Gasteiger partial charge is 0.497 e. The summed E-state index contributed by atoms with van der Waals surface area (Å²) in [6, 6.07) is 8.26. The van der Waals surface area contributed by atoms with Gasteiger partial charge in [-0.25, -0.2) is 8.42 Å². The number of nitrogens with zero attached hydrogens (tertiary/aromatic N) is 2. The minimum absolute atomic E-state index is 0.0330. The van der Waals surface area contributed by atoms with Gasteiger partial charge in [0.25, 0.3) is 10.0 Å². The molecular formula is C17H22N4O4S. The molecule has 1 heterocycles. The van der Waals surface area contributed by atoms with Gasteiger partial charge in [0.05, 0.1) is 14.2 Å². The third-order valence-corrected chi connectivity index (χ3v) is 5.65. The molecule has 26 heavy (non-hydrogen) atoms. The van der Waals surface area contributed by atoms with Crippen molar-refractivity contribution in [2.45, 2.75) is 36.6 Å². The van der Waals surface area contributed by atoms with Gasteiger partial charge in [0.2, 0.25) is 0 Å². The van der Waals surface area contributed by atoms with E-state index in [1.165, 1.54) is 39.2 Å². The topological polar surface area (TPSA) is 102 Å². The highest BCUT2D eigenvalue weighted by Crippen LogP contribution is 2.29. The quantitative estimate of drug-likeness (QED) is 0.763. The Morgan fingerprint density at radius 1 is 1.00 bits per heavy atom. The number of aromatic nitrogens is 2. The number of hydrogen-bond donors (Lipinski definition) is 2. The first kappa shape index (κ1) is 18.2. The zero-order chi connectivity index (χ0) is 18.6. The fraction of sp³-hybridized carbons (Fsp3) is 0.412. The monoisotopic (exact) mass is 378 g/mol. The van der Waals surface area contributed by atoms with E-state index in [4.69, 9.17) is 9.47 Å². The van der Waals surface area contributed by atoms with E-state index in [1.54, 1.807) is 18.2 Å². The van der Waals surface area contributed by atoms with Gasteiger partial charge >= 0.3 is 0 Å². The molecule has 0 atom stereocenters. The maximum absolute atomic E-state index is 12.7. The van der Waals surface area contributed by atoms with Crippen molar-refractivity contribution >= 4 is 21.7 Å². The van der Waals surface area contributed by atoms with Gasteiger partial charge in [0.15, 0.2) is 5.82 Å². The molecule has 0 saturated heterocycles. The molecular weight excluding hydrogens is 356 g/mol. The number of ether oxygens (including phenoxy) is 2. The maximum atomic E-state index is 12.7. The van der Waals surface area contributed by atoms with Crippen LogP contribution in [-0.4, -0.2) is 38.9 Å². The number of rotatable bonds is 7. The van der Waals surface area contributed by atoms with Crippen molar-refractivity contribution in [1.82, 2.24) is 10.2 Å². The van der Waals surface area contributed by atoms with Gasteiger partial charge in [-0.15, -0.1) is 10.2 Å². The van der Waals surface area contributed by atoms with Crippen molar-refractivity contribution < 1.29 is 17.9 Å². The van der Waals surface area contributed by atoms with Crippen molar-refractivity contribution in [2.24, 2.45) is 0 Å². The molecule has 3 rings (SSSR count). The predicted octanol–water partition coefficient (Wildman–Crippen LogP) is 2.65. The summed E-state index contributed by atoms with van der Waals surface area (Å²) in [6.45, 7) is 0. The fourth-order valence-corrected chi connectivity index (χ4v) is 4.11. The lowest BCUT2D eigenvalue weighted by Crippen LogP contribution is -2.17. The van der Waals surface area contributed by atoms with Crippen LogP contribution < -0.4 is 19.5 Å². The van der Waals surface area contributed by atoms with Crippen molar-refractivity contribution in [2.75, 3.05) is 24.3 Å². The second kappa shape index (κ2) is 7.77. The molecule has 140 valence electrons. The van der Waals surface area contributed by atoms with Crippen LogP contribution in [0.5, 0.6) is 11.5 Å². The van der Waals surface area contributed by atoms with Crippen molar-refractivity contribution in [3.8, 4) is 11.5 Å². The maximum Gasteiger partial charge on any atom is 0.266 e. The summed E-state index contributed by atoms with van der Waals surface area (Å²) in [5.74, 6) is 1.39. The van der Waals surface area contributed by atoms with E-state index in [0.29, 0.717) is 17.6 Å². The van der Waals surface area contributed by atoms with Crippen LogP contribution in [0.25, 0.3) is 0 Å². The third-order valence-electron chi connectivity index (χ3n) is 4.27. The molecule has 1 aromatic carbocycles. The van der Waals surface area contributed by atoms with E-state index in [0.717, 1.165) is 12.8 Å². The van der Waals surface area contributed by atoms with Gasteiger partial charge < -0.3 is 14.8 Å². The standard InChI is InChI=1S/C17H22N4O4S/c1-24-13-7-8-14(25-2)15(11-13)26(22,23)21-17-10-9-16(19-20-17)18-12-5-3-4-6-12/h7-12H,3-6H2,1-2H3,(H,18,19)(H,20,21). The zero-order valence-electron chi connectivity index (χ0n) is 14.7. The molecule has 1 aliphatic carbocycles. The summed E-state index contributed by atoms with van der Waals surface area (Å²) < 4.78 is 38.0. The summed E-state index contributed by atoms with van der Waals surface area (Å²) in [7, 11) is -1.03. The molecule has 0 radical (unpaired) electrons. The first-order valence-electron chi connectivity index (χ1n) is 8.37. The highest BCUT2D eigenvalue weighted by atomic mass is 32.2. The van der Waals surface area contributed by atoms with E-state index < -0.39 is 10.0 Å². The molecule has 9 heteroatoms. The second-order valence-corrected chi connectivity index (χ2v) is 7.70. The molecule has 0 spiro atoms. The van der Waals surface area contributed by atoms with Crippen LogP contribution in [0, 0.1) is 0 Å².